The van der Waals surface area contributed by atoms with Crippen LogP contribution in [-0.2, 0) is 0 Å². The fourth-order valence-electron chi connectivity index (χ4n) is 2.01. The molecular weight excluding hydrogens is 184 g/mol. The van der Waals surface area contributed by atoms with E-state index in [0.717, 1.165) is 5.54 Å². The van der Waals surface area contributed by atoms with Gasteiger partial charge in [0.2, 0.25) is 0 Å². The van der Waals surface area contributed by atoms with Crippen LogP contribution in [0.3, 0.4) is 0 Å². The Hall–Kier alpha value is -0.563. The molecule has 0 amide bonds. The highest BCUT2D eigenvalue weighted by molar-refractivity contribution is 6.74. The van der Waals surface area contributed by atoms with Gasteiger partial charge in [-0.15, -0.1) is 0 Å². The van der Waals surface area contributed by atoms with Gasteiger partial charge in [-0.1, -0.05) is 75.2 Å². The standard InChI is InChI=1S/C13H22Si/c1-4-5-11-14(12(2)3)13-9-7-6-8-10-13/h6-10,12,14H,4-5,11H2,1-3H3. The number of unbranched alkanes of at least 4 members (excludes halogenated alkanes) is 1. The Bertz CT molecular complexity index is 241. The van der Waals surface area contributed by atoms with Gasteiger partial charge >= 0.3 is 0 Å². The van der Waals surface area contributed by atoms with E-state index in [9.17, 15) is 0 Å². The molecule has 1 rings (SSSR count). The van der Waals surface area contributed by atoms with Crippen molar-refractivity contribution >= 4 is 14.0 Å². The van der Waals surface area contributed by atoms with Crippen LogP contribution in [0.1, 0.15) is 33.6 Å². The highest BCUT2D eigenvalue weighted by Gasteiger charge is 2.16. The lowest BCUT2D eigenvalue weighted by atomic mass is 10.4. The first-order valence-electron chi connectivity index (χ1n) is 5.80. The lowest BCUT2D eigenvalue weighted by Gasteiger charge is -2.19. The molecule has 0 aromatic heterocycles. The Labute approximate surface area is 90.0 Å². The molecule has 0 saturated carbocycles. The Morgan fingerprint density at radius 2 is 1.79 bits per heavy atom. The van der Waals surface area contributed by atoms with E-state index in [4.69, 9.17) is 0 Å². The summed E-state index contributed by atoms with van der Waals surface area (Å²) in [7, 11) is -0.683. The highest BCUT2D eigenvalue weighted by Crippen LogP contribution is 2.14. The van der Waals surface area contributed by atoms with Gasteiger partial charge in [-0.25, -0.2) is 0 Å². The minimum absolute atomic E-state index is 0.683. The van der Waals surface area contributed by atoms with Crippen molar-refractivity contribution in [3.8, 4) is 0 Å². The van der Waals surface area contributed by atoms with Gasteiger partial charge in [-0.3, -0.25) is 0 Å². The number of hydrogen-bond acceptors (Lipinski definition) is 0. The minimum atomic E-state index is -0.683. The molecule has 1 heteroatoms. The lowest BCUT2D eigenvalue weighted by molar-refractivity contribution is 0.862. The Morgan fingerprint density at radius 1 is 1.14 bits per heavy atom. The van der Waals surface area contributed by atoms with Crippen LogP contribution in [0, 0.1) is 0 Å². The van der Waals surface area contributed by atoms with Crippen molar-refractivity contribution in [3.05, 3.63) is 30.3 Å². The van der Waals surface area contributed by atoms with Crippen molar-refractivity contribution in [2.45, 2.75) is 45.2 Å². The summed E-state index contributed by atoms with van der Waals surface area (Å²) in [6, 6.07) is 12.6. The Balaban J connectivity index is 2.68. The number of rotatable bonds is 5. The van der Waals surface area contributed by atoms with E-state index < -0.39 is 8.80 Å². The zero-order valence-electron chi connectivity index (χ0n) is 9.66. The molecule has 0 aliphatic rings. The normalized spacial score (nSPS) is 13.1. The molecule has 0 radical (unpaired) electrons. The summed E-state index contributed by atoms with van der Waals surface area (Å²) >= 11 is 0. The molecule has 0 N–H and O–H groups in total. The minimum Gasteiger partial charge on any atom is -0.0654 e. The maximum atomic E-state index is 2.39. The maximum Gasteiger partial charge on any atom is 0.0733 e. The molecule has 78 valence electrons. The maximum absolute atomic E-state index is 2.39. The molecule has 1 aromatic rings. The number of benzene rings is 1. The predicted molar refractivity (Wildman–Crippen MR) is 68.0 cm³/mol. The van der Waals surface area contributed by atoms with E-state index in [0.29, 0.717) is 0 Å². The van der Waals surface area contributed by atoms with E-state index in [2.05, 4.69) is 51.1 Å². The molecule has 1 atom stereocenters. The third kappa shape index (κ3) is 3.30. The first-order valence-corrected chi connectivity index (χ1v) is 7.86. The molecular formula is C13H22Si. The topological polar surface area (TPSA) is 0 Å². The lowest BCUT2D eigenvalue weighted by Crippen LogP contribution is -2.32. The molecule has 0 heterocycles. The fourth-order valence-corrected chi connectivity index (χ4v) is 5.34. The van der Waals surface area contributed by atoms with Crippen LogP contribution < -0.4 is 5.19 Å². The summed E-state index contributed by atoms with van der Waals surface area (Å²) in [6.07, 6.45) is 2.74. The van der Waals surface area contributed by atoms with E-state index in [1.807, 2.05) is 0 Å². The van der Waals surface area contributed by atoms with Gasteiger partial charge in [-0.05, 0) is 5.54 Å². The van der Waals surface area contributed by atoms with Crippen molar-refractivity contribution in [1.82, 2.24) is 0 Å². The van der Waals surface area contributed by atoms with Gasteiger partial charge in [0.15, 0.2) is 0 Å². The smallest absolute Gasteiger partial charge is 0.0654 e. The van der Waals surface area contributed by atoms with Crippen molar-refractivity contribution in [2.24, 2.45) is 0 Å². The SMILES string of the molecule is CCCC[SiH](c1ccccc1)C(C)C. The van der Waals surface area contributed by atoms with E-state index in [1.54, 1.807) is 5.19 Å². The van der Waals surface area contributed by atoms with Crippen molar-refractivity contribution in [2.75, 3.05) is 0 Å². The van der Waals surface area contributed by atoms with Crippen LogP contribution in [-0.4, -0.2) is 8.80 Å². The fraction of sp³-hybridized carbons (Fsp3) is 0.538. The first-order chi connectivity index (χ1) is 6.75. The van der Waals surface area contributed by atoms with E-state index in [-0.39, 0.29) is 0 Å². The van der Waals surface area contributed by atoms with Crippen LogP contribution in [0.2, 0.25) is 11.6 Å². The molecule has 0 spiro atoms. The summed E-state index contributed by atoms with van der Waals surface area (Å²) in [6.45, 7) is 7.07. The largest absolute Gasteiger partial charge is 0.0733 e. The average Bonchev–Trinajstić information content (AvgIpc) is 2.19. The summed E-state index contributed by atoms with van der Waals surface area (Å²) in [5.41, 5.74) is 0.893. The van der Waals surface area contributed by atoms with Crippen molar-refractivity contribution < 1.29 is 0 Å². The van der Waals surface area contributed by atoms with Crippen LogP contribution in [0.25, 0.3) is 0 Å². The average molecular weight is 206 g/mol. The van der Waals surface area contributed by atoms with Gasteiger partial charge in [0.25, 0.3) is 0 Å². The third-order valence-corrected chi connectivity index (χ3v) is 6.78. The summed E-state index contributed by atoms with van der Waals surface area (Å²) in [4.78, 5) is 0. The molecule has 0 bridgehead atoms. The molecule has 0 nitrogen and oxygen atoms in total. The third-order valence-electron chi connectivity index (χ3n) is 2.90. The van der Waals surface area contributed by atoms with Crippen molar-refractivity contribution in [3.63, 3.8) is 0 Å². The second-order valence-corrected chi connectivity index (χ2v) is 8.19. The van der Waals surface area contributed by atoms with Gasteiger partial charge in [-0.2, -0.15) is 0 Å². The zero-order valence-corrected chi connectivity index (χ0v) is 10.8. The highest BCUT2D eigenvalue weighted by atomic mass is 28.3. The quantitative estimate of drug-likeness (QED) is 0.648. The van der Waals surface area contributed by atoms with Crippen LogP contribution in [0.4, 0.5) is 0 Å². The van der Waals surface area contributed by atoms with Crippen LogP contribution in [0.5, 0.6) is 0 Å². The van der Waals surface area contributed by atoms with Crippen LogP contribution >= 0.6 is 0 Å². The summed E-state index contributed by atoms with van der Waals surface area (Å²) in [5.74, 6) is 0. The van der Waals surface area contributed by atoms with Crippen LogP contribution in [0.15, 0.2) is 30.3 Å². The van der Waals surface area contributed by atoms with Gasteiger partial charge in [0, 0.05) is 0 Å². The molecule has 0 aliphatic heterocycles. The summed E-state index contributed by atoms with van der Waals surface area (Å²) in [5, 5.41) is 1.65. The molecule has 14 heavy (non-hydrogen) atoms. The van der Waals surface area contributed by atoms with Gasteiger partial charge < -0.3 is 0 Å². The molecule has 0 fully saturated rings. The van der Waals surface area contributed by atoms with E-state index >= 15 is 0 Å². The van der Waals surface area contributed by atoms with Crippen molar-refractivity contribution in [1.29, 1.82) is 0 Å². The second-order valence-electron chi connectivity index (χ2n) is 4.40. The molecule has 1 unspecified atom stereocenters. The van der Waals surface area contributed by atoms with Gasteiger partial charge in [0.1, 0.15) is 0 Å². The molecule has 0 saturated heterocycles. The zero-order chi connectivity index (χ0) is 10.4. The number of hydrogen-bond donors (Lipinski definition) is 0. The second kappa shape index (κ2) is 6.02. The molecule has 0 aliphatic carbocycles. The predicted octanol–water partition coefficient (Wildman–Crippen LogP) is 3.33. The Morgan fingerprint density at radius 3 is 2.29 bits per heavy atom. The summed E-state index contributed by atoms with van der Waals surface area (Å²) < 4.78 is 0. The Kier molecular flexibility index (Phi) is 4.95. The van der Waals surface area contributed by atoms with E-state index in [1.165, 1.54) is 18.9 Å². The first kappa shape index (κ1) is 11.5. The molecule has 1 aromatic carbocycles. The van der Waals surface area contributed by atoms with Gasteiger partial charge in [0.05, 0.1) is 8.80 Å². The monoisotopic (exact) mass is 206 g/mol.